The highest BCUT2D eigenvalue weighted by molar-refractivity contribution is 6.30. The van der Waals surface area contributed by atoms with Crippen LogP contribution in [0.1, 0.15) is 258 Å². The maximum Gasteiger partial charge on any atom is 0.156 e. The molecule has 0 amide bonds. The van der Waals surface area contributed by atoms with Crippen molar-refractivity contribution in [2.45, 2.75) is 245 Å². The molecule has 752 valence electrons. The van der Waals surface area contributed by atoms with Crippen LogP contribution >= 0.6 is 11.6 Å². The second-order valence-electron chi connectivity index (χ2n) is 39.8. The monoisotopic (exact) mass is 1960 g/mol. The molecule has 0 radical (unpaired) electrons. The molecule has 0 aliphatic rings. The Morgan fingerprint density at radius 1 is 0.350 bits per heavy atom. The van der Waals surface area contributed by atoms with Gasteiger partial charge in [-0.05, 0) is 172 Å². The van der Waals surface area contributed by atoms with Gasteiger partial charge in [0, 0.05) is 68.3 Å². The molecule has 0 atom stereocenters. The molecule has 0 aliphatic carbocycles. The number of pyridine rings is 1. The fourth-order valence-corrected chi connectivity index (χ4v) is 12.9. The first-order chi connectivity index (χ1) is 67.7. The normalized spacial score (nSPS) is 11.2. The summed E-state index contributed by atoms with van der Waals surface area (Å²) in [6, 6.07) is 70.2. The van der Waals surface area contributed by atoms with Crippen LogP contribution in [0.4, 0.5) is 8.78 Å². The van der Waals surface area contributed by atoms with Crippen LogP contribution < -0.4 is 9.47 Å². The first kappa shape index (κ1) is 112. The van der Waals surface area contributed by atoms with Gasteiger partial charge in [-0.15, -0.1) is 5.10 Å². The molecule has 32 heteroatoms. The minimum absolute atomic E-state index is 0.0141. The van der Waals surface area contributed by atoms with Gasteiger partial charge in [0.1, 0.15) is 84.8 Å². The van der Waals surface area contributed by atoms with Crippen molar-refractivity contribution in [2.24, 2.45) is 0 Å². The lowest BCUT2D eigenvalue weighted by Gasteiger charge is -2.14. The highest BCUT2D eigenvalue weighted by Gasteiger charge is 2.25. The number of methoxy groups -OCH3 is 2. The zero-order chi connectivity index (χ0) is 105. The van der Waals surface area contributed by atoms with Crippen molar-refractivity contribution >= 4 is 11.6 Å². The molecule has 0 saturated carbocycles. The number of nitrogens with zero attached hydrogens (tertiary/aromatic N) is 27. The van der Waals surface area contributed by atoms with E-state index in [9.17, 15) is 8.78 Å². The molecule has 0 bridgehead atoms. The van der Waals surface area contributed by atoms with E-state index in [-0.39, 0.29) is 38.7 Å². The van der Waals surface area contributed by atoms with Crippen molar-refractivity contribution in [1.29, 1.82) is 0 Å². The maximum absolute atomic E-state index is 13.0. The number of ether oxygens (including phenoxy) is 2. The number of hydrogen-bond acceptors (Lipinski definition) is 20. The zero-order valence-corrected chi connectivity index (χ0v) is 89.0. The Balaban J connectivity index is 0.000000179. The predicted molar refractivity (Wildman–Crippen MR) is 565 cm³/mol. The molecule has 0 aliphatic heterocycles. The standard InChI is InChI=1S/C14H19N3.C14H18N2.C13H17N3O.C12H14FN3.C12H15N3O.C12H15N3.C11H12ClN3.C11H14N4.C9H8FN3.C3H8/c1-10-7-6-8-12(9-10)17-11(2)15-13(16-17)14(3,4)5;1-14(2,3)13-9-10-16(15-13)11-12-7-5-4-6-8-12;1-13(2,3)12-14-9-16(15-12)10-7-5-6-8-11(10)17-4;1-12(2,3)11-14-8-16(15-11)10-6-4-5-9(13)7-10;1-9(2)12-13-8-15(14-12)10-5-4-6-11(7-10)16-3;1-9(2)12-13-8-15(14-12)11-6-4-5-10(3)7-11;1-8(2)11-13-7-15(14-11)10-5-3-4-9(12)6-10;1-11(2,3)10-13-8-15(14-10)9-6-4-5-7-12-9;1-7-11-6-12-13(7)9-4-2-8(10)3-5-9;1-3-2/h6-9H,1-5H3;4-10H,11H2,1-3H3;5-9H,1-4H3;4-8H,1-3H3;4-9H,1-3H3;4-9H,1-3H3;3-8H,1-2H3;4-8H,1-3H3;2-6H,1H3;3H2,1-2H3. The molecule has 143 heavy (non-hydrogen) atoms. The average Bonchev–Trinajstić information content (AvgIpc) is 1.66. The van der Waals surface area contributed by atoms with Crippen LogP contribution in [-0.2, 0) is 33.6 Å². The van der Waals surface area contributed by atoms with Crippen LogP contribution in [0.5, 0.6) is 11.5 Å². The van der Waals surface area contributed by atoms with E-state index in [0.29, 0.717) is 28.5 Å². The number of halogens is 3. The van der Waals surface area contributed by atoms with Gasteiger partial charge in [0.2, 0.25) is 0 Å². The molecule has 10 heterocycles. The molecule has 8 aromatic carbocycles. The van der Waals surface area contributed by atoms with Crippen molar-refractivity contribution in [3.63, 3.8) is 0 Å². The van der Waals surface area contributed by atoms with Crippen molar-refractivity contribution in [3.05, 3.63) is 373 Å². The van der Waals surface area contributed by atoms with E-state index in [4.69, 9.17) is 21.1 Å². The molecule has 0 unspecified atom stereocenters. The summed E-state index contributed by atoms with van der Waals surface area (Å²) in [5.41, 5.74) is 11.3. The van der Waals surface area contributed by atoms with E-state index in [2.05, 4.69) is 304 Å². The van der Waals surface area contributed by atoms with E-state index in [1.165, 1.54) is 53.7 Å². The van der Waals surface area contributed by atoms with Gasteiger partial charge < -0.3 is 9.47 Å². The van der Waals surface area contributed by atoms with Gasteiger partial charge in [0.15, 0.2) is 46.6 Å². The number of benzene rings is 8. The third-order valence-corrected chi connectivity index (χ3v) is 20.8. The smallest absolute Gasteiger partial charge is 0.156 e. The second-order valence-corrected chi connectivity index (χ2v) is 40.2. The van der Waals surface area contributed by atoms with Gasteiger partial charge in [-0.1, -0.05) is 268 Å². The Labute approximate surface area is 846 Å². The molecule has 0 saturated heterocycles. The van der Waals surface area contributed by atoms with Crippen LogP contribution in [0, 0.1) is 39.3 Å². The summed E-state index contributed by atoms with van der Waals surface area (Å²) < 4.78 is 52.0. The van der Waals surface area contributed by atoms with E-state index in [1.807, 2.05) is 170 Å². The third kappa shape index (κ3) is 34.7. The number of aryl methyl sites for hydroxylation is 4. The Morgan fingerprint density at radius 2 is 0.797 bits per heavy atom. The minimum atomic E-state index is -0.273. The van der Waals surface area contributed by atoms with E-state index in [1.54, 1.807) is 111 Å². The summed E-state index contributed by atoms with van der Waals surface area (Å²) in [6.07, 6.45) is 16.7. The first-order valence-electron chi connectivity index (χ1n) is 47.7. The van der Waals surface area contributed by atoms with Crippen molar-refractivity contribution in [3.8, 4) is 57.1 Å². The number of rotatable bonds is 15. The SMILES string of the molecule is CC(C)(C)c1ccn(Cc2ccccc2)n1.CC(C)(C)c1ncn(-c2cccc(F)c2)n1.CC(C)(C)c1ncn(-c2ccccn2)n1.CC(C)c1ncn(-c2cccc(Cl)c2)n1.CCC.COc1cccc(-n2cnc(C(C)C)n2)c1.COc1ccccc1-n1cnc(C(C)(C)C)n1.Cc1cccc(-n2cnc(C(C)C)n2)c1.Cc1cccc(-n2nc(C(C)(C)C)nc2C)c1.Cc1ncnn1-c1ccc(F)cc1. The lowest BCUT2D eigenvalue weighted by molar-refractivity contribution is 0.411. The molecule has 18 rings (SSSR count). The quantitative estimate of drug-likeness (QED) is 0.0921. The third-order valence-electron chi connectivity index (χ3n) is 20.6. The summed E-state index contributed by atoms with van der Waals surface area (Å²) in [4.78, 5) is 38.3. The topological polar surface area (TPSA) is 295 Å². The van der Waals surface area contributed by atoms with Crippen LogP contribution in [0.25, 0.3) is 45.6 Å². The first-order valence-corrected chi connectivity index (χ1v) is 48.1. The summed E-state index contributed by atoms with van der Waals surface area (Å²) >= 11 is 5.90. The van der Waals surface area contributed by atoms with E-state index < -0.39 is 0 Å². The Bertz CT molecular complexity index is 6750. The van der Waals surface area contributed by atoms with Gasteiger partial charge in [0.25, 0.3) is 0 Å². The predicted octanol–water partition coefficient (Wildman–Crippen LogP) is 24.9. The molecule has 29 nitrogen and oxygen atoms in total. The molecular formula is C111H140ClF2N27O2. The highest BCUT2D eigenvalue weighted by atomic mass is 35.5. The van der Waals surface area contributed by atoms with Gasteiger partial charge in [-0.3, -0.25) is 4.68 Å². The van der Waals surface area contributed by atoms with Crippen LogP contribution in [-0.4, -0.2) is 147 Å². The number of aromatic nitrogens is 27. The van der Waals surface area contributed by atoms with Crippen LogP contribution in [0.2, 0.25) is 5.02 Å². The summed E-state index contributed by atoms with van der Waals surface area (Å²) in [5, 5.41) is 40.3. The molecule has 0 N–H and O–H groups in total. The van der Waals surface area contributed by atoms with Crippen LogP contribution in [0.3, 0.4) is 0 Å². The Kier molecular flexibility index (Phi) is 40.5. The largest absolute Gasteiger partial charge is 0.497 e. The molecule has 0 spiro atoms. The molecule has 18 aromatic rings. The zero-order valence-electron chi connectivity index (χ0n) is 88.2. The Hall–Kier alpha value is -15.0. The summed E-state index contributed by atoms with van der Waals surface area (Å²) in [7, 11) is 3.31. The lowest BCUT2D eigenvalue weighted by atomic mass is 9.93. The van der Waals surface area contributed by atoms with Crippen molar-refractivity contribution < 1.29 is 18.3 Å². The van der Waals surface area contributed by atoms with Gasteiger partial charge >= 0.3 is 0 Å². The fourth-order valence-electron chi connectivity index (χ4n) is 12.7. The highest BCUT2D eigenvalue weighted by Crippen LogP contribution is 2.28. The van der Waals surface area contributed by atoms with Crippen LogP contribution in [0.15, 0.2) is 281 Å². The molecular weight excluding hydrogens is 1820 g/mol. The summed E-state index contributed by atoms with van der Waals surface area (Å²) in [5.74, 6) is 10.5. The number of para-hydroxylation sites is 2. The van der Waals surface area contributed by atoms with Crippen molar-refractivity contribution in [2.75, 3.05) is 14.2 Å². The lowest BCUT2D eigenvalue weighted by Crippen LogP contribution is -2.14. The summed E-state index contributed by atoms with van der Waals surface area (Å²) in [6.45, 7) is 57.1. The fraction of sp³-hybridized carbons (Fsp3) is 0.351. The van der Waals surface area contributed by atoms with E-state index in [0.717, 1.165) is 116 Å². The second kappa shape index (κ2) is 51.9. The average molecular weight is 1960 g/mol. The van der Waals surface area contributed by atoms with E-state index >= 15 is 0 Å². The maximum atomic E-state index is 13.0. The Morgan fingerprint density at radius 3 is 1.25 bits per heavy atom. The number of hydrogen-bond donors (Lipinski definition) is 0. The van der Waals surface area contributed by atoms with Gasteiger partial charge in [-0.2, -0.15) is 40.8 Å². The minimum Gasteiger partial charge on any atom is -0.497 e. The van der Waals surface area contributed by atoms with Gasteiger partial charge in [-0.25, -0.2) is 91.1 Å². The molecule has 10 aromatic heterocycles. The van der Waals surface area contributed by atoms with Crippen molar-refractivity contribution in [1.82, 2.24) is 133 Å². The van der Waals surface area contributed by atoms with Gasteiger partial charge in [0.05, 0.1) is 60.6 Å². The molecule has 0 fully saturated rings.